The highest BCUT2D eigenvalue weighted by molar-refractivity contribution is 7.90. The monoisotopic (exact) mass is 497 g/mol. The Bertz CT molecular complexity index is 1140. The molecule has 2 aliphatic carbocycles. The molecule has 7 nitrogen and oxygen atoms in total. The Labute approximate surface area is 208 Å². The van der Waals surface area contributed by atoms with Gasteiger partial charge >= 0.3 is 0 Å². The van der Waals surface area contributed by atoms with Gasteiger partial charge in [0.2, 0.25) is 0 Å². The van der Waals surface area contributed by atoms with E-state index in [1.807, 2.05) is 6.07 Å². The molecule has 0 atom stereocenters. The van der Waals surface area contributed by atoms with Gasteiger partial charge in [-0.3, -0.25) is 9.59 Å². The van der Waals surface area contributed by atoms with Crippen molar-refractivity contribution in [1.82, 2.24) is 9.97 Å². The number of carbonyl (C=O) groups is 2. The van der Waals surface area contributed by atoms with Crippen LogP contribution in [0.25, 0.3) is 0 Å². The molecule has 2 aromatic rings. The van der Waals surface area contributed by atoms with Gasteiger partial charge in [-0.2, -0.15) is 0 Å². The van der Waals surface area contributed by atoms with E-state index in [9.17, 15) is 18.0 Å². The van der Waals surface area contributed by atoms with Crippen LogP contribution >= 0.6 is 0 Å². The molecule has 0 saturated heterocycles. The number of hydrogen-bond donors (Lipinski definition) is 0. The smallest absolute Gasteiger partial charge is 0.185 e. The average molecular weight is 498 g/mol. The molecule has 0 radical (unpaired) electrons. The zero-order valence-corrected chi connectivity index (χ0v) is 21.3. The lowest BCUT2D eigenvalue weighted by Gasteiger charge is -2.35. The molecule has 1 aromatic carbocycles. The van der Waals surface area contributed by atoms with Crippen molar-refractivity contribution in [2.45, 2.75) is 76.5 Å². The maximum absolute atomic E-state index is 13.0. The van der Waals surface area contributed by atoms with E-state index in [1.165, 1.54) is 58.2 Å². The minimum Gasteiger partial charge on any atom is -0.353 e. The highest BCUT2D eigenvalue weighted by Gasteiger charge is 2.30. The number of nitrogens with zero attached hydrogens (tertiary/aromatic N) is 3. The largest absolute Gasteiger partial charge is 0.353 e. The summed E-state index contributed by atoms with van der Waals surface area (Å²) < 4.78 is 24.4. The number of benzene rings is 1. The minimum absolute atomic E-state index is 0.0364. The Morgan fingerprint density at radius 2 is 1.66 bits per heavy atom. The Hall–Kier alpha value is -2.61. The fourth-order valence-electron chi connectivity index (χ4n) is 4.71. The zero-order valence-electron chi connectivity index (χ0n) is 20.5. The van der Waals surface area contributed by atoms with E-state index >= 15 is 0 Å². The van der Waals surface area contributed by atoms with E-state index < -0.39 is 9.84 Å². The van der Waals surface area contributed by atoms with Crippen LogP contribution < -0.4 is 4.90 Å². The van der Waals surface area contributed by atoms with E-state index in [2.05, 4.69) is 14.9 Å². The van der Waals surface area contributed by atoms with Crippen LogP contribution in [0.3, 0.4) is 0 Å². The van der Waals surface area contributed by atoms with E-state index in [-0.39, 0.29) is 35.9 Å². The van der Waals surface area contributed by atoms with E-state index in [0.717, 1.165) is 23.8 Å². The normalized spacial score (nSPS) is 16.7. The van der Waals surface area contributed by atoms with Gasteiger partial charge in [-0.05, 0) is 49.7 Å². The summed E-state index contributed by atoms with van der Waals surface area (Å²) in [4.78, 5) is 35.3. The summed E-state index contributed by atoms with van der Waals surface area (Å²) >= 11 is 0. The number of ketones is 2. The second-order valence-electron chi connectivity index (χ2n) is 10.1. The van der Waals surface area contributed by atoms with Gasteiger partial charge in [0.05, 0.1) is 11.5 Å². The predicted octanol–water partition coefficient (Wildman–Crippen LogP) is 4.35. The van der Waals surface area contributed by atoms with Gasteiger partial charge in [0.15, 0.2) is 15.6 Å². The first kappa shape index (κ1) is 25.5. The summed E-state index contributed by atoms with van der Waals surface area (Å²) in [6.07, 6.45) is 10.4. The van der Waals surface area contributed by atoms with Crippen LogP contribution in [0.2, 0.25) is 0 Å². The third-order valence-electron chi connectivity index (χ3n) is 6.94. The van der Waals surface area contributed by atoms with Gasteiger partial charge in [-0.25, -0.2) is 18.4 Å². The molecule has 2 saturated carbocycles. The van der Waals surface area contributed by atoms with Crippen molar-refractivity contribution in [3.05, 3.63) is 53.5 Å². The Morgan fingerprint density at radius 1 is 0.971 bits per heavy atom. The lowest BCUT2D eigenvalue weighted by molar-refractivity contribution is -0.116. The Kier molecular flexibility index (Phi) is 8.31. The van der Waals surface area contributed by atoms with E-state index in [1.54, 1.807) is 24.3 Å². The third kappa shape index (κ3) is 7.69. The number of hydrogen-bond acceptors (Lipinski definition) is 7. The first-order valence-corrected chi connectivity index (χ1v) is 14.5. The standard InChI is InChI=1S/C27H35N3O4S/c1-20(31)13-14-35(33,34)18-23-11-7-21(8-12-23)15-26(32)25-16-27(29-19-28-25)30(17-22-9-10-22)24-5-3-2-4-6-24/h7-8,11-12,16,19,22,24H,2-6,9-10,13-15,17-18H2,1H3. The minimum atomic E-state index is -3.34. The molecule has 35 heavy (non-hydrogen) atoms. The van der Waals surface area contributed by atoms with Crippen molar-refractivity contribution in [1.29, 1.82) is 0 Å². The maximum atomic E-state index is 13.0. The highest BCUT2D eigenvalue weighted by Crippen LogP contribution is 2.34. The van der Waals surface area contributed by atoms with Crippen LogP contribution in [-0.2, 0) is 26.8 Å². The van der Waals surface area contributed by atoms with Crippen LogP contribution in [-0.4, -0.2) is 48.3 Å². The van der Waals surface area contributed by atoms with E-state index in [4.69, 9.17) is 0 Å². The Balaban J connectivity index is 1.40. The van der Waals surface area contributed by atoms with Gasteiger partial charge in [0, 0.05) is 31.5 Å². The lowest BCUT2D eigenvalue weighted by Crippen LogP contribution is -2.39. The second kappa shape index (κ2) is 11.4. The summed E-state index contributed by atoms with van der Waals surface area (Å²) in [5.74, 6) is 1.12. The number of anilines is 1. The molecule has 0 amide bonds. The second-order valence-corrected chi connectivity index (χ2v) is 12.3. The molecule has 0 spiro atoms. The van der Waals surface area contributed by atoms with Gasteiger partial charge in [-0.15, -0.1) is 0 Å². The number of aromatic nitrogens is 2. The molecule has 0 unspecified atom stereocenters. The highest BCUT2D eigenvalue weighted by atomic mass is 32.2. The summed E-state index contributed by atoms with van der Waals surface area (Å²) in [6, 6.07) is 9.38. The topological polar surface area (TPSA) is 97.3 Å². The van der Waals surface area contributed by atoms with Crippen LogP contribution in [0.4, 0.5) is 5.82 Å². The molecule has 2 fully saturated rings. The molecule has 2 aliphatic rings. The molecular weight excluding hydrogens is 462 g/mol. The van der Waals surface area contributed by atoms with Crippen molar-refractivity contribution >= 4 is 27.2 Å². The molecule has 8 heteroatoms. The van der Waals surface area contributed by atoms with Gasteiger partial charge < -0.3 is 4.90 Å². The summed E-state index contributed by atoms with van der Waals surface area (Å²) in [5, 5.41) is 0. The van der Waals surface area contributed by atoms with Crippen LogP contribution in [0, 0.1) is 5.92 Å². The number of sulfone groups is 1. The summed E-state index contributed by atoms with van der Waals surface area (Å²) in [5.41, 5.74) is 1.88. The van der Waals surface area contributed by atoms with E-state index in [0.29, 0.717) is 17.3 Å². The van der Waals surface area contributed by atoms with Crippen molar-refractivity contribution in [2.24, 2.45) is 5.92 Å². The first-order valence-electron chi connectivity index (χ1n) is 12.7. The van der Waals surface area contributed by atoms with Crippen LogP contribution in [0.15, 0.2) is 36.7 Å². The molecule has 4 rings (SSSR count). The predicted molar refractivity (Wildman–Crippen MR) is 136 cm³/mol. The molecule has 0 aliphatic heterocycles. The third-order valence-corrected chi connectivity index (χ3v) is 8.54. The molecule has 188 valence electrons. The van der Waals surface area contributed by atoms with Gasteiger partial charge in [0.1, 0.15) is 23.6 Å². The lowest BCUT2D eigenvalue weighted by atomic mass is 9.94. The average Bonchev–Trinajstić information content (AvgIpc) is 3.67. The molecule has 0 N–H and O–H groups in total. The van der Waals surface area contributed by atoms with Gasteiger partial charge in [-0.1, -0.05) is 43.5 Å². The Morgan fingerprint density at radius 3 is 2.31 bits per heavy atom. The molecule has 0 bridgehead atoms. The summed E-state index contributed by atoms with van der Waals surface area (Å²) in [6.45, 7) is 2.40. The van der Waals surface area contributed by atoms with Crippen molar-refractivity contribution in [2.75, 3.05) is 17.2 Å². The molecule has 1 heterocycles. The van der Waals surface area contributed by atoms with Crippen molar-refractivity contribution in [3.63, 3.8) is 0 Å². The number of carbonyl (C=O) groups excluding carboxylic acids is 2. The zero-order chi connectivity index (χ0) is 24.8. The summed E-state index contributed by atoms with van der Waals surface area (Å²) in [7, 11) is -3.34. The van der Waals surface area contributed by atoms with Crippen molar-refractivity contribution < 1.29 is 18.0 Å². The first-order chi connectivity index (χ1) is 16.8. The van der Waals surface area contributed by atoms with Crippen LogP contribution in [0.5, 0.6) is 0 Å². The number of Topliss-reactive ketones (excluding diaryl/α,β-unsaturated/α-hetero) is 2. The molecular formula is C27H35N3O4S. The fraction of sp³-hybridized carbons (Fsp3) is 0.556. The van der Waals surface area contributed by atoms with Crippen LogP contribution in [0.1, 0.15) is 79.9 Å². The maximum Gasteiger partial charge on any atom is 0.185 e. The molecule has 1 aromatic heterocycles. The SMILES string of the molecule is CC(=O)CCS(=O)(=O)Cc1ccc(CC(=O)c2cc(N(CC3CC3)C3CCCCC3)ncn2)cc1. The van der Waals surface area contributed by atoms with Crippen molar-refractivity contribution in [3.8, 4) is 0 Å². The number of rotatable bonds is 12. The van der Waals surface area contributed by atoms with Gasteiger partial charge in [0.25, 0.3) is 0 Å². The fourth-order valence-corrected chi connectivity index (χ4v) is 6.16. The quantitative estimate of drug-likeness (QED) is 0.402.